The number of thiazole rings is 1. The second kappa shape index (κ2) is 10.2. The molecule has 5 rings (SSSR count). The number of nitro benzene ring substituents is 1. The number of rotatable bonds is 5. The minimum absolute atomic E-state index is 0.0228. The molecule has 1 aliphatic heterocycles. The zero-order chi connectivity index (χ0) is 25.2. The summed E-state index contributed by atoms with van der Waals surface area (Å²) in [5, 5.41) is 18.5. The summed E-state index contributed by atoms with van der Waals surface area (Å²) in [5.41, 5.74) is 2.83. The van der Waals surface area contributed by atoms with Crippen LogP contribution in [-0.2, 0) is 0 Å². The van der Waals surface area contributed by atoms with Crippen LogP contribution < -0.4 is 15.5 Å². The van der Waals surface area contributed by atoms with Gasteiger partial charge in [0.05, 0.1) is 25.8 Å². The van der Waals surface area contributed by atoms with Gasteiger partial charge in [-0.25, -0.2) is 4.98 Å². The predicted octanol–water partition coefficient (Wildman–Crippen LogP) is 6.25. The van der Waals surface area contributed by atoms with Crippen LogP contribution in [0.5, 0.6) is 0 Å². The van der Waals surface area contributed by atoms with Crippen LogP contribution in [0.25, 0.3) is 20.8 Å². The molecule has 0 radical (unpaired) electrons. The highest BCUT2D eigenvalue weighted by molar-refractivity contribution is 7.80. The molecule has 8 nitrogen and oxygen atoms in total. The molecule has 11 heteroatoms. The third kappa shape index (κ3) is 5.01. The van der Waals surface area contributed by atoms with Crippen molar-refractivity contribution < 1.29 is 9.72 Å². The van der Waals surface area contributed by atoms with Gasteiger partial charge in [-0.05, 0) is 61.5 Å². The van der Waals surface area contributed by atoms with Crippen molar-refractivity contribution in [3.05, 3.63) is 81.4 Å². The maximum atomic E-state index is 12.8. The lowest BCUT2D eigenvalue weighted by molar-refractivity contribution is -0.384. The Balaban J connectivity index is 1.32. The molecule has 0 aliphatic carbocycles. The van der Waals surface area contributed by atoms with Crippen LogP contribution in [-0.4, -0.2) is 34.0 Å². The van der Waals surface area contributed by atoms with E-state index >= 15 is 0 Å². The van der Waals surface area contributed by atoms with Gasteiger partial charge in [0.25, 0.3) is 11.6 Å². The number of halogens is 1. The minimum atomic E-state index is -0.554. The second-order valence-electron chi connectivity index (χ2n) is 8.24. The quantitative estimate of drug-likeness (QED) is 0.176. The first-order valence-corrected chi connectivity index (χ1v) is 12.8. The predicted molar refractivity (Wildman–Crippen MR) is 148 cm³/mol. The second-order valence-corrected chi connectivity index (χ2v) is 10.1. The molecule has 36 heavy (non-hydrogen) atoms. The first kappa shape index (κ1) is 24.1. The number of hydrogen-bond acceptors (Lipinski definition) is 7. The third-order valence-corrected chi connectivity index (χ3v) is 7.48. The highest BCUT2D eigenvalue weighted by atomic mass is 35.5. The summed E-state index contributed by atoms with van der Waals surface area (Å²) in [7, 11) is 0. The monoisotopic (exact) mass is 537 g/mol. The Bertz CT molecular complexity index is 1470. The summed E-state index contributed by atoms with van der Waals surface area (Å²) in [5.74, 6) is -0.554. The Morgan fingerprint density at radius 3 is 2.64 bits per heavy atom. The van der Waals surface area contributed by atoms with Crippen molar-refractivity contribution >= 4 is 73.5 Å². The molecular formula is C25H20ClN5O3S2. The molecule has 1 aromatic heterocycles. The molecule has 182 valence electrons. The number of carbonyl (C=O) groups excluding carboxylic acids is 1. The lowest BCUT2D eigenvalue weighted by Crippen LogP contribution is -2.34. The molecule has 0 spiro atoms. The summed E-state index contributed by atoms with van der Waals surface area (Å²) in [4.78, 5) is 30.6. The van der Waals surface area contributed by atoms with E-state index in [0.717, 1.165) is 46.7 Å². The van der Waals surface area contributed by atoms with Gasteiger partial charge in [0.2, 0.25) is 0 Å². The van der Waals surface area contributed by atoms with E-state index in [-0.39, 0.29) is 16.4 Å². The molecule has 3 aromatic carbocycles. The van der Waals surface area contributed by atoms with E-state index in [1.165, 1.54) is 6.07 Å². The van der Waals surface area contributed by atoms with Gasteiger partial charge >= 0.3 is 0 Å². The molecule has 4 aromatic rings. The fourth-order valence-corrected chi connectivity index (χ4v) is 5.44. The summed E-state index contributed by atoms with van der Waals surface area (Å²) in [6.07, 6.45) is 1.98. The van der Waals surface area contributed by atoms with Crippen LogP contribution in [0.4, 0.5) is 17.1 Å². The summed E-state index contributed by atoms with van der Waals surface area (Å²) in [6.45, 7) is 1.52. The number of hydrogen-bond donors (Lipinski definition) is 2. The van der Waals surface area contributed by atoms with Crippen molar-refractivity contribution in [1.29, 1.82) is 0 Å². The number of nitrogens with zero attached hydrogens (tertiary/aromatic N) is 3. The van der Waals surface area contributed by atoms with E-state index in [2.05, 4.69) is 15.6 Å². The molecule has 1 fully saturated rings. The van der Waals surface area contributed by atoms with Crippen molar-refractivity contribution in [1.82, 2.24) is 10.3 Å². The first-order chi connectivity index (χ1) is 17.4. The fraction of sp³-hybridized carbons (Fsp3) is 0.160. The molecule has 2 heterocycles. The number of carbonyl (C=O) groups is 1. The minimum Gasteiger partial charge on any atom is -0.366 e. The van der Waals surface area contributed by atoms with Gasteiger partial charge in [-0.1, -0.05) is 29.8 Å². The number of benzene rings is 3. The fourth-order valence-electron chi connectivity index (χ4n) is 4.11. The smallest absolute Gasteiger partial charge is 0.293 e. The van der Waals surface area contributed by atoms with Gasteiger partial charge in [0, 0.05) is 30.3 Å². The van der Waals surface area contributed by atoms with Crippen LogP contribution in [0.15, 0.2) is 60.7 Å². The zero-order valence-corrected chi connectivity index (χ0v) is 21.3. The topological polar surface area (TPSA) is 100 Å². The lowest BCUT2D eigenvalue weighted by atomic mass is 10.1. The number of fused-ring (bicyclic) bond motifs is 1. The van der Waals surface area contributed by atoms with Crippen LogP contribution in [0.2, 0.25) is 5.02 Å². The highest BCUT2D eigenvalue weighted by Gasteiger charge is 2.24. The molecule has 0 atom stereocenters. The standard InChI is InChI=1S/C25H20ClN5O3S2/c26-17-9-7-16(24-27-18-5-1-2-6-22(18)36-24)13-19(17)28-25(35)29-23(32)15-8-10-20(21(14-15)31(33)34)30-11-3-4-12-30/h1-2,5-10,13-14H,3-4,11-12H2,(H2,28,29,32,35). The molecule has 1 amide bonds. The molecule has 1 saturated heterocycles. The van der Waals surface area contributed by atoms with Crippen molar-refractivity contribution in [2.45, 2.75) is 12.8 Å². The number of anilines is 2. The number of para-hydroxylation sites is 1. The third-order valence-electron chi connectivity index (χ3n) is 5.86. The normalized spacial score (nSPS) is 13.1. The Morgan fingerprint density at radius 1 is 1.11 bits per heavy atom. The van der Waals surface area contributed by atoms with Gasteiger partial charge in [-0.15, -0.1) is 11.3 Å². The SMILES string of the molecule is O=C(NC(=S)Nc1cc(-c2nc3ccccc3s2)ccc1Cl)c1ccc(N2CCCC2)c([N+](=O)[O-])c1. The molecule has 0 saturated carbocycles. The van der Waals surface area contributed by atoms with E-state index in [0.29, 0.717) is 16.4 Å². The number of thiocarbonyl (C=S) groups is 1. The average molecular weight is 538 g/mol. The van der Waals surface area contributed by atoms with Crippen molar-refractivity contribution in [3.8, 4) is 10.6 Å². The Morgan fingerprint density at radius 2 is 1.89 bits per heavy atom. The Kier molecular flexibility index (Phi) is 6.82. The van der Waals surface area contributed by atoms with Gasteiger partial charge in [-0.3, -0.25) is 20.2 Å². The lowest BCUT2D eigenvalue weighted by Gasteiger charge is -2.18. The van der Waals surface area contributed by atoms with E-state index in [9.17, 15) is 14.9 Å². The maximum absolute atomic E-state index is 12.8. The Labute approximate surface area is 221 Å². The zero-order valence-electron chi connectivity index (χ0n) is 18.9. The maximum Gasteiger partial charge on any atom is 0.293 e. The largest absolute Gasteiger partial charge is 0.366 e. The van der Waals surface area contributed by atoms with Gasteiger partial charge in [0.15, 0.2) is 5.11 Å². The summed E-state index contributed by atoms with van der Waals surface area (Å²) in [6, 6.07) is 17.8. The summed E-state index contributed by atoms with van der Waals surface area (Å²) < 4.78 is 1.07. The molecule has 2 N–H and O–H groups in total. The molecule has 1 aliphatic rings. The van der Waals surface area contributed by atoms with Gasteiger partial charge < -0.3 is 10.2 Å². The van der Waals surface area contributed by atoms with Crippen LogP contribution in [0.1, 0.15) is 23.2 Å². The number of nitro groups is 1. The molecular weight excluding hydrogens is 518 g/mol. The van der Waals surface area contributed by atoms with E-state index in [1.807, 2.05) is 41.3 Å². The van der Waals surface area contributed by atoms with Crippen molar-refractivity contribution in [2.24, 2.45) is 0 Å². The van der Waals surface area contributed by atoms with Gasteiger partial charge in [0.1, 0.15) is 10.7 Å². The van der Waals surface area contributed by atoms with Crippen LogP contribution in [0, 0.1) is 10.1 Å². The first-order valence-electron chi connectivity index (χ1n) is 11.2. The van der Waals surface area contributed by atoms with Crippen LogP contribution in [0.3, 0.4) is 0 Å². The van der Waals surface area contributed by atoms with E-state index < -0.39 is 10.8 Å². The molecule has 0 bridgehead atoms. The summed E-state index contributed by atoms with van der Waals surface area (Å²) >= 11 is 13.3. The highest BCUT2D eigenvalue weighted by Crippen LogP contribution is 2.34. The van der Waals surface area contributed by atoms with Gasteiger partial charge in [-0.2, -0.15) is 0 Å². The Hall–Kier alpha value is -3.60. The van der Waals surface area contributed by atoms with E-state index in [4.69, 9.17) is 23.8 Å². The van der Waals surface area contributed by atoms with Crippen LogP contribution >= 0.6 is 35.2 Å². The number of nitrogens with one attached hydrogen (secondary N) is 2. The van der Waals surface area contributed by atoms with Crippen molar-refractivity contribution in [2.75, 3.05) is 23.3 Å². The number of amides is 1. The number of aromatic nitrogens is 1. The van der Waals surface area contributed by atoms with Crippen molar-refractivity contribution in [3.63, 3.8) is 0 Å². The molecule has 0 unspecified atom stereocenters. The average Bonchev–Trinajstić information content (AvgIpc) is 3.55. The van der Waals surface area contributed by atoms with E-state index in [1.54, 1.807) is 29.5 Å².